The second-order valence-corrected chi connectivity index (χ2v) is 6.62. The van der Waals surface area contributed by atoms with Crippen molar-refractivity contribution in [2.24, 2.45) is 0 Å². The molecule has 3 aromatic rings. The zero-order chi connectivity index (χ0) is 19.1. The predicted octanol–water partition coefficient (Wildman–Crippen LogP) is 2.74. The van der Waals surface area contributed by atoms with E-state index < -0.39 is 5.82 Å². The van der Waals surface area contributed by atoms with Gasteiger partial charge in [-0.2, -0.15) is 0 Å². The summed E-state index contributed by atoms with van der Waals surface area (Å²) in [5.74, 6) is 0.0479. The second kappa shape index (κ2) is 6.51. The summed E-state index contributed by atoms with van der Waals surface area (Å²) in [6.45, 7) is 2.93. The highest BCUT2D eigenvalue weighted by molar-refractivity contribution is 6.06. The van der Waals surface area contributed by atoms with E-state index in [-0.39, 0.29) is 5.91 Å². The number of amides is 1. The van der Waals surface area contributed by atoms with Gasteiger partial charge < -0.3 is 21.4 Å². The van der Waals surface area contributed by atoms with E-state index in [1.165, 1.54) is 6.07 Å². The number of aromatic amines is 1. The van der Waals surface area contributed by atoms with Crippen molar-refractivity contribution in [3.8, 4) is 22.5 Å². The van der Waals surface area contributed by atoms with E-state index >= 15 is 0 Å². The standard InChI is InChI=1S/C20H20FN5O/c1-10-17(9-23-2)26-19(25-10)14-6-5-12(15-8-24-20(27)18(14)15)13-4-3-11(22)7-16(13)21/h3-7,23H,8-9,22H2,1-2H3,(H,24,27)(H,25,26). The van der Waals surface area contributed by atoms with Gasteiger partial charge in [-0.05, 0) is 49.4 Å². The number of H-pyrrole nitrogens is 1. The lowest BCUT2D eigenvalue weighted by atomic mass is 9.92. The zero-order valence-electron chi connectivity index (χ0n) is 15.1. The molecule has 0 saturated carbocycles. The first-order valence-corrected chi connectivity index (χ1v) is 8.69. The van der Waals surface area contributed by atoms with Crippen LogP contribution in [0.4, 0.5) is 10.1 Å². The van der Waals surface area contributed by atoms with Crippen LogP contribution in [0.5, 0.6) is 0 Å². The Labute approximate surface area is 156 Å². The van der Waals surface area contributed by atoms with Gasteiger partial charge in [-0.1, -0.05) is 6.07 Å². The van der Waals surface area contributed by atoms with Gasteiger partial charge in [0.05, 0.1) is 11.3 Å². The molecule has 1 aliphatic heterocycles. The average Bonchev–Trinajstić information content (AvgIpc) is 3.19. The molecule has 2 heterocycles. The van der Waals surface area contributed by atoms with Gasteiger partial charge in [-0.15, -0.1) is 0 Å². The van der Waals surface area contributed by atoms with Crippen LogP contribution in [0.3, 0.4) is 0 Å². The van der Waals surface area contributed by atoms with Crippen molar-refractivity contribution in [1.29, 1.82) is 0 Å². The summed E-state index contributed by atoms with van der Waals surface area (Å²) < 4.78 is 14.5. The van der Waals surface area contributed by atoms with Gasteiger partial charge >= 0.3 is 0 Å². The second-order valence-electron chi connectivity index (χ2n) is 6.62. The highest BCUT2D eigenvalue weighted by Crippen LogP contribution is 2.36. The number of aryl methyl sites for hydroxylation is 1. The predicted molar refractivity (Wildman–Crippen MR) is 103 cm³/mol. The minimum Gasteiger partial charge on any atom is -0.399 e. The van der Waals surface area contributed by atoms with E-state index in [1.54, 1.807) is 12.1 Å². The number of nitrogens with zero attached hydrogens (tertiary/aromatic N) is 1. The Kier molecular flexibility index (Phi) is 4.16. The van der Waals surface area contributed by atoms with E-state index in [0.29, 0.717) is 46.9 Å². The largest absolute Gasteiger partial charge is 0.399 e. The number of aromatic nitrogens is 2. The number of halogens is 1. The summed E-state index contributed by atoms with van der Waals surface area (Å²) in [7, 11) is 1.86. The summed E-state index contributed by atoms with van der Waals surface area (Å²) in [6, 6.07) is 8.24. The first-order valence-electron chi connectivity index (χ1n) is 8.69. The molecule has 0 unspecified atom stereocenters. The highest BCUT2D eigenvalue weighted by Gasteiger charge is 2.28. The Morgan fingerprint density at radius 1 is 1.22 bits per heavy atom. The van der Waals surface area contributed by atoms with E-state index in [4.69, 9.17) is 5.73 Å². The van der Waals surface area contributed by atoms with Crippen molar-refractivity contribution in [3.63, 3.8) is 0 Å². The van der Waals surface area contributed by atoms with Gasteiger partial charge in [0.1, 0.15) is 11.6 Å². The number of anilines is 1. The average molecular weight is 365 g/mol. The fourth-order valence-electron chi connectivity index (χ4n) is 3.51. The molecule has 6 nitrogen and oxygen atoms in total. The monoisotopic (exact) mass is 365 g/mol. The molecule has 138 valence electrons. The van der Waals surface area contributed by atoms with Crippen LogP contribution in [-0.2, 0) is 13.1 Å². The number of nitrogens with two attached hydrogens (primary N) is 1. The van der Waals surface area contributed by atoms with Crippen molar-refractivity contribution < 1.29 is 9.18 Å². The lowest BCUT2D eigenvalue weighted by Crippen LogP contribution is -2.13. The summed E-state index contributed by atoms with van der Waals surface area (Å²) in [6.07, 6.45) is 0. The molecule has 27 heavy (non-hydrogen) atoms. The van der Waals surface area contributed by atoms with E-state index in [2.05, 4.69) is 20.6 Å². The van der Waals surface area contributed by atoms with Crippen molar-refractivity contribution in [2.45, 2.75) is 20.0 Å². The molecule has 0 atom stereocenters. The number of fused-ring (bicyclic) bond motifs is 1. The van der Waals surface area contributed by atoms with Gasteiger partial charge in [0, 0.05) is 35.6 Å². The first-order chi connectivity index (χ1) is 13.0. The third-order valence-electron chi connectivity index (χ3n) is 4.83. The van der Waals surface area contributed by atoms with Crippen molar-refractivity contribution in [1.82, 2.24) is 20.6 Å². The molecule has 7 heteroatoms. The fraction of sp³-hybridized carbons (Fsp3) is 0.200. The van der Waals surface area contributed by atoms with Crippen LogP contribution in [0.2, 0.25) is 0 Å². The van der Waals surface area contributed by atoms with Crippen LogP contribution in [-0.4, -0.2) is 22.9 Å². The summed E-state index contributed by atoms with van der Waals surface area (Å²) >= 11 is 0. The maximum atomic E-state index is 14.5. The highest BCUT2D eigenvalue weighted by atomic mass is 19.1. The van der Waals surface area contributed by atoms with E-state index in [1.807, 2.05) is 26.1 Å². The van der Waals surface area contributed by atoms with Crippen LogP contribution in [0.15, 0.2) is 30.3 Å². The number of hydrogen-bond donors (Lipinski definition) is 4. The Morgan fingerprint density at radius 3 is 2.70 bits per heavy atom. The maximum absolute atomic E-state index is 14.5. The van der Waals surface area contributed by atoms with Crippen LogP contribution in [0, 0.1) is 12.7 Å². The van der Waals surface area contributed by atoms with Crippen molar-refractivity contribution in [2.75, 3.05) is 12.8 Å². The van der Waals surface area contributed by atoms with Gasteiger partial charge in [0.25, 0.3) is 5.91 Å². The molecule has 0 saturated heterocycles. The Morgan fingerprint density at radius 2 is 1.96 bits per heavy atom. The normalized spacial score (nSPS) is 12.9. The Bertz CT molecular complexity index is 1060. The van der Waals surface area contributed by atoms with E-state index in [9.17, 15) is 9.18 Å². The molecule has 1 aliphatic rings. The molecule has 0 bridgehead atoms. The number of hydrogen-bond acceptors (Lipinski definition) is 4. The number of carbonyl (C=O) groups is 1. The third-order valence-corrected chi connectivity index (χ3v) is 4.83. The van der Waals surface area contributed by atoms with Crippen LogP contribution < -0.4 is 16.4 Å². The Balaban J connectivity index is 1.88. The minimum atomic E-state index is -0.408. The summed E-state index contributed by atoms with van der Waals surface area (Å²) in [4.78, 5) is 20.4. The molecular formula is C20H20FN5O. The number of imidazole rings is 1. The minimum absolute atomic E-state index is 0.179. The van der Waals surface area contributed by atoms with Gasteiger partial charge in [0.15, 0.2) is 0 Å². The van der Waals surface area contributed by atoms with Gasteiger partial charge in [-0.25, -0.2) is 9.37 Å². The molecule has 0 fully saturated rings. The van der Waals surface area contributed by atoms with Crippen LogP contribution >= 0.6 is 0 Å². The van der Waals surface area contributed by atoms with Crippen LogP contribution in [0.25, 0.3) is 22.5 Å². The van der Waals surface area contributed by atoms with Gasteiger partial charge in [0.2, 0.25) is 0 Å². The quantitative estimate of drug-likeness (QED) is 0.535. The lowest BCUT2D eigenvalue weighted by Gasteiger charge is -2.11. The first kappa shape index (κ1) is 17.2. The van der Waals surface area contributed by atoms with E-state index in [0.717, 1.165) is 17.0 Å². The zero-order valence-corrected chi connectivity index (χ0v) is 15.1. The molecule has 0 spiro atoms. The molecule has 0 radical (unpaired) electrons. The lowest BCUT2D eigenvalue weighted by molar-refractivity contribution is 0.0966. The third kappa shape index (κ3) is 2.86. The topological polar surface area (TPSA) is 95.8 Å². The molecule has 2 aromatic carbocycles. The molecule has 5 N–H and O–H groups in total. The number of nitrogens with one attached hydrogen (secondary N) is 3. The van der Waals surface area contributed by atoms with Crippen LogP contribution in [0.1, 0.15) is 27.3 Å². The molecule has 0 aliphatic carbocycles. The smallest absolute Gasteiger partial charge is 0.252 e. The molecule has 1 amide bonds. The molecular weight excluding hydrogens is 345 g/mol. The SMILES string of the molecule is CNCc1nc(-c2ccc(-c3ccc(N)cc3F)c3c2C(=O)NC3)[nH]c1C. The van der Waals surface area contributed by atoms with Crippen molar-refractivity contribution in [3.05, 3.63) is 58.7 Å². The maximum Gasteiger partial charge on any atom is 0.252 e. The summed E-state index contributed by atoms with van der Waals surface area (Å²) in [5, 5.41) is 5.92. The fourth-order valence-corrected chi connectivity index (χ4v) is 3.51. The van der Waals surface area contributed by atoms with Crippen molar-refractivity contribution >= 4 is 11.6 Å². The Hall–Kier alpha value is -3.19. The van der Waals surface area contributed by atoms with Gasteiger partial charge in [-0.3, -0.25) is 4.79 Å². The summed E-state index contributed by atoms with van der Waals surface area (Å²) in [5.41, 5.74) is 11.0. The number of carbonyl (C=O) groups excluding carboxylic acids is 1. The number of rotatable bonds is 4. The molecule has 1 aromatic heterocycles. The number of benzene rings is 2. The molecule has 4 rings (SSSR count). The number of nitrogen functional groups attached to an aromatic ring is 1.